The van der Waals surface area contributed by atoms with E-state index >= 15 is 0 Å². The van der Waals surface area contributed by atoms with Gasteiger partial charge in [0, 0.05) is 6.61 Å². The van der Waals surface area contributed by atoms with Crippen molar-refractivity contribution in [2.45, 2.75) is 107 Å². The van der Waals surface area contributed by atoms with Gasteiger partial charge in [0.05, 0.1) is 18.1 Å². The van der Waals surface area contributed by atoms with Crippen LogP contribution in [0.3, 0.4) is 0 Å². The third kappa shape index (κ3) is 12.2. The monoisotopic (exact) mass is 684 g/mol. The van der Waals surface area contributed by atoms with Crippen molar-refractivity contribution in [3.8, 4) is 0 Å². The third-order valence-electron chi connectivity index (χ3n) is 9.10. The number of hydrogen-bond donors (Lipinski definition) is 0. The molecule has 0 spiro atoms. The highest BCUT2D eigenvalue weighted by molar-refractivity contribution is 7.86. The molecule has 49 heavy (non-hydrogen) atoms. The number of unbranched alkanes of at least 4 members (excludes halogenated alkanes) is 11. The molecule has 0 aromatic heterocycles. The Kier molecular flexibility index (Phi) is 16.5. The molecule has 6 heteroatoms. The molecule has 1 unspecified atom stereocenters. The molecule has 4 aromatic carbocycles. The fraction of sp³-hybridized carbons (Fsp3) is 0.442. The summed E-state index contributed by atoms with van der Waals surface area (Å²) in [6, 6.07) is 37.2. The fourth-order valence-corrected chi connectivity index (χ4v) is 7.20. The van der Waals surface area contributed by atoms with Crippen LogP contribution in [-0.2, 0) is 29.4 Å². The lowest BCUT2D eigenvalue weighted by atomic mass is 9.80. The highest BCUT2D eigenvalue weighted by atomic mass is 32.2. The Morgan fingerprint density at radius 2 is 0.980 bits per heavy atom. The Morgan fingerprint density at radius 3 is 1.43 bits per heavy atom. The molecule has 0 radical (unpaired) electrons. The molecule has 0 amide bonds. The van der Waals surface area contributed by atoms with Gasteiger partial charge in [-0.2, -0.15) is 8.42 Å². The van der Waals surface area contributed by atoms with Crippen LogP contribution in [0, 0.1) is 6.92 Å². The number of rotatable bonds is 24. The van der Waals surface area contributed by atoms with Gasteiger partial charge in [0.15, 0.2) is 0 Å². The van der Waals surface area contributed by atoms with Gasteiger partial charge in [-0.3, -0.25) is 4.18 Å². The summed E-state index contributed by atoms with van der Waals surface area (Å²) in [5, 5.41) is 0. The summed E-state index contributed by atoms with van der Waals surface area (Å²) in [7, 11) is -3.98. The summed E-state index contributed by atoms with van der Waals surface area (Å²) in [6.45, 7) is 4.67. The Bertz CT molecular complexity index is 1440. The zero-order valence-corrected chi connectivity index (χ0v) is 30.4. The van der Waals surface area contributed by atoms with Crippen LogP contribution in [0.4, 0.5) is 0 Å². The van der Waals surface area contributed by atoms with Crippen molar-refractivity contribution >= 4 is 10.1 Å². The van der Waals surface area contributed by atoms with E-state index in [0.717, 1.165) is 35.1 Å². The van der Waals surface area contributed by atoms with Crippen LogP contribution in [-0.4, -0.2) is 34.3 Å². The first-order valence-electron chi connectivity index (χ1n) is 18.3. The van der Waals surface area contributed by atoms with Gasteiger partial charge in [-0.05, 0) is 42.2 Å². The predicted molar refractivity (Wildman–Crippen MR) is 200 cm³/mol. The maximum absolute atomic E-state index is 13.2. The number of ether oxygens (including phenoxy) is 2. The SMILES string of the molecule is CCCCCCCCCCCCCCOC(COC(c1ccccc1)(c1ccccc1)c1ccccc1)COS(=O)(=O)c1ccc(C)cc1. The number of aryl methyl sites for hydroxylation is 1. The van der Waals surface area contributed by atoms with Gasteiger partial charge in [0.1, 0.15) is 11.7 Å². The van der Waals surface area contributed by atoms with Crippen LogP contribution in [0.2, 0.25) is 0 Å². The van der Waals surface area contributed by atoms with Gasteiger partial charge in [0.25, 0.3) is 10.1 Å². The highest BCUT2D eigenvalue weighted by Gasteiger charge is 2.38. The van der Waals surface area contributed by atoms with Gasteiger partial charge in [-0.25, -0.2) is 0 Å². The van der Waals surface area contributed by atoms with E-state index in [2.05, 4.69) is 43.3 Å². The van der Waals surface area contributed by atoms with E-state index in [0.29, 0.717) is 6.61 Å². The fourth-order valence-electron chi connectivity index (χ4n) is 6.26. The standard InChI is InChI=1S/C43H56O5S/c1-3-4-5-6-7-8-9-10-11-12-13-23-34-46-41(36-48-49(44,45)42-32-30-37(2)31-33-42)35-47-43(38-24-17-14-18-25-38,39-26-19-15-20-27-39)40-28-21-16-22-29-40/h14-22,24-33,41H,3-13,23,34-36H2,1-2H3. The lowest BCUT2D eigenvalue weighted by Crippen LogP contribution is -2.38. The smallest absolute Gasteiger partial charge is 0.297 e. The molecule has 0 aliphatic heterocycles. The quantitative estimate of drug-likeness (QED) is 0.0418. The molecule has 0 bridgehead atoms. The van der Waals surface area contributed by atoms with E-state index in [1.54, 1.807) is 24.3 Å². The molecule has 4 rings (SSSR count). The average Bonchev–Trinajstić information content (AvgIpc) is 3.14. The molecule has 0 N–H and O–H groups in total. The van der Waals surface area contributed by atoms with Crippen LogP contribution in [0.25, 0.3) is 0 Å². The highest BCUT2D eigenvalue weighted by Crippen LogP contribution is 2.40. The second-order valence-electron chi connectivity index (χ2n) is 13.0. The Labute approximate surface area is 296 Å². The summed E-state index contributed by atoms with van der Waals surface area (Å²) < 4.78 is 45.4. The van der Waals surface area contributed by atoms with Crippen LogP contribution >= 0.6 is 0 Å². The van der Waals surface area contributed by atoms with Crippen molar-refractivity contribution in [1.29, 1.82) is 0 Å². The Hall–Kier alpha value is -3.29. The molecule has 0 saturated heterocycles. The maximum Gasteiger partial charge on any atom is 0.297 e. The lowest BCUT2D eigenvalue weighted by molar-refractivity contribution is -0.0774. The van der Waals surface area contributed by atoms with Crippen molar-refractivity contribution in [2.24, 2.45) is 0 Å². The molecule has 5 nitrogen and oxygen atoms in total. The Balaban J connectivity index is 1.44. The molecular weight excluding hydrogens is 629 g/mol. The number of benzene rings is 4. The molecule has 264 valence electrons. The second kappa shape index (κ2) is 21.0. The molecule has 1 atom stereocenters. The van der Waals surface area contributed by atoms with Crippen LogP contribution < -0.4 is 0 Å². The Morgan fingerprint density at radius 1 is 0.551 bits per heavy atom. The van der Waals surface area contributed by atoms with Gasteiger partial charge >= 0.3 is 0 Å². The largest absolute Gasteiger partial charge is 0.373 e. The maximum atomic E-state index is 13.2. The van der Waals surface area contributed by atoms with Gasteiger partial charge < -0.3 is 9.47 Å². The van der Waals surface area contributed by atoms with Crippen molar-refractivity contribution in [1.82, 2.24) is 0 Å². The normalized spacial score (nSPS) is 12.6. The van der Waals surface area contributed by atoms with Crippen molar-refractivity contribution < 1.29 is 22.1 Å². The zero-order chi connectivity index (χ0) is 34.6. The second-order valence-corrected chi connectivity index (χ2v) is 14.6. The average molecular weight is 685 g/mol. The van der Waals surface area contributed by atoms with Crippen molar-refractivity contribution in [3.05, 3.63) is 138 Å². The molecular formula is C43H56O5S. The molecule has 0 heterocycles. The minimum absolute atomic E-state index is 0.125. The van der Waals surface area contributed by atoms with Gasteiger partial charge in [-0.1, -0.05) is 186 Å². The molecule has 0 aliphatic carbocycles. The molecule has 4 aromatic rings. The third-order valence-corrected chi connectivity index (χ3v) is 10.4. The van der Waals surface area contributed by atoms with E-state index in [-0.39, 0.29) is 18.1 Å². The van der Waals surface area contributed by atoms with Gasteiger partial charge in [0.2, 0.25) is 0 Å². The van der Waals surface area contributed by atoms with E-state index in [1.807, 2.05) is 61.5 Å². The summed E-state index contributed by atoms with van der Waals surface area (Å²) in [4.78, 5) is 0.130. The number of hydrogen-bond acceptors (Lipinski definition) is 5. The van der Waals surface area contributed by atoms with Crippen LogP contribution in [0.1, 0.15) is 106 Å². The lowest BCUT2D eigenvalue weighted by Gasteiger charge is -2.37. The van der Waals surface area contributed by atoms with Crippen LogP contribution in [0.5, 0.6) is 0 Å². The van der Waals surface area contributed by atoms with Gasteiger partial charge in [-0.15, -0.1) is 0 Å². The minimum atomic E-state index is -3.98. The summed E-state index contributed by atoms with van der Waals surface area (Å²) in [6.07, 6.45) is 14.5. The first kappa shape index (κ1) is 38.5. The van der Waals surface area contributed by atoms with E-state index < -0.39 is 21.8 Å². The molecule has 0 fully saturated rings. The van der Waals surface area contributed by atoms with Crippen LogP contribution in [0.15, 0.2) is 120 Å². The van der Waals surface area contributed by atoms with Crippen molar-refractivity contribution in [3.63, 3.8) is 0 Å². The van der Waals surface area contributed by atoms with E-state index in [9.17, 15) is 8.42 Å². The first-order chi connectivity index (χ1) is 24.0. The summed E-state index contributed by atoms with van der Waals surface area (Å²) in [5.41, 5.74) is 2.95. The predicted octanol–water partition coefficient (Wildman–Crippen LogP) is 10.8. The first-order valence-corrected chi connectivity index (χ1v) is 19.7. The zero-order valence-electron chi connectivity index (χ0n) is 29.6. The topological polar surface area (TPSA) is 61.8 Å². The summed E-state index contributed by atoms with van der Waals surface area (Å²) >= 11 is 0. The molecule has 0 saturated carbocycles. The molecule has 0 aliphatic rings. The summed E-state index contributed by atoms with van der Waals surface area (Å²) in [5.74, 6) is 0. The van der Waals surface area contributed by atoms with E-state index in [1.165, 1.54) is 64.2 Å². The van der Waals surface area contributed by atoms with E-state index in [4.69, 9.17) is 13.7 Å². The van der Waals surface area contributed by atoms with Crippen molar-refractivity contribution in [2.75, 3.05) is 19.8 Å². The minimum Gasteiger partial charge on any atom is -0.373 e.